The molecule has 2 aromatic heterocycles. The molecule has 8 nitrogen and oxygen atoms in total. The van der Waals surface area contributed by atoms with Gasteiger partial charge >= 0.3 is 0 Å². The summed E-state index contributed by atoms with van der Waals surface area (Å²) in [7, 11) is 0. The molecule has 2 amide bonds. The zero-order valence-corrected chi connectivity index (χ0v) is 17.4. The van der Waals surface area contributed by atoms with E-state index < -0.39 is 0 Å². The number of hydrogen-bond acceptors (Lipinski definition) is 5. The molecule has 0 bridgehead atoms. The number of aromatic nitrogens is 3. The number of piperidine rings is 1. The van der Waals surface area contributed by atoms with Crippen LogP contribution >= 0.6 is 0 Å². The fourth-order valence-electron chi connectivity index (χ4n) is 3.72. The van der Waals surface area contributed by atoms with Crippen LogP contribution in [0.2, 0.25) is 0 Å². The van der Waals surface area contributed by atoms with Crippen molar-refractivity contribution >= 4 is 11.8 Å². The van der Waals surface area contributed by atoms with Gasteiger partial charge in [0.05, 0.1) is 11.4 Å². The maximum atomic E-state index is 13.0. The van der Waals surface area contributed by atoms with Crippen molar-refractivity contribution in [1.29, 1.82) is 0 Å². The molecule has 30 heavy (non-hydrogen) atoms. The van der Waals surface area contributed by atoms with Gasteiger partial charge in [-0.1, -0.05) is 17.3 Å². The SMILES string of the molecule is Cc1cccc(-n2nnc(C(=O)N3CCC(NC(=O)c4ccc(C)o4)CC3)c2C)c1. The van der Waals surface area contributed by atoms with Crippen LogP contribution in [0.1, 0.15) is 50.9 Å². The monoisotopic (exact) mass is 407 g/mol. The number of amides is 2. The second-order valence-electron chi connectivity index (χ2n) is 7.72. The predicted molar refractivity (Wildman–Crippen MR) is 111 cm³/mol. The maximum absolute atomic E-state index is 13.0. The highest BCUT2D eigenvalue weighted by atomic mass is 16.3. The van der Waals surface area contributed by atoms with Crippen molar-refractivity contribution in [3.05, 3.63) is 64.9 Å². The minimum absolute atomic E-state index is 0.0102. The number of aryl methyl sites for hydroxylation is 2. The third-order valence-corrected chi connectivity index (χ3v) is 5.42. The Morgan fingerprint density at radius 2 is 1.87 bits per heavy atom. The van der Waals surface area contributed by atoms with Crippen LogP contribution in [-0.2, 0) is 0 Å². The van der Waals surface area contributed by atoms with E-state index in [1.165, 1.54) is 0 Å². The van der Waals surface area contributed by atoms with Crippen molar-refractivity contribution in [3.8, 4) is 5.69 Å². The molecule has 3 heterocycles. The van der Waals surface area contributed by atoms with Gasteiger partial charge in [-0.2, -0.15) is 0 Å². The van der Waals surface area contributed by atoms with Crippen molar-refractivity contribution in [1.82, 2.24) is 25.2 Å². The highest BCUT2D eigenvalue weighted by Crippen LogP contribution is 2.18. The molecule has 0 radical (unpaired) electrons. The fourth-order valence-corrected chi connectivity index (χ4v) is 3.72. The highest BCUT2D eigenvalue weighted by Gasteiger charge is 2.28. The second-order valence-corrected chi connectivity index (χ2v) is 7.72. The van der Waals surface area contributed by atoms with Crippen LogP contribution in [0.3, 0.4) is 0 Å². The number of hydrogen-bond donors (Lipinski definition) is 1. The lowest BCUT2D eigenvalue weighted by Crippen LogP contribution is -2.46. The van der Waals surface area contributed by atoms with Crippen LogP contribution < -0.4 is 5.32 Å². The van der Waals surface area contributed by atoms with Gasteiger partial charge in [-0.25, -0.2) is 4.68 Å². The van der Waals surface area contributed by atoms with Crippen LogP contribution in [0.15, 0.2) is 40.8 Å². The van der Waals surface area contributed by atoms with Crippen molar-refractivity contribution in [2.45, 2.75) is 39.7 Å². The largest absolute Gasteiger partial charge is 0.456 e. The number of benzene rings is 1. The molecule has 0 atom stereocenters. The first-order chi connectivity index (χ1) is 14.4. The first-order valence-electron chi connectivity index (χ1n) is 10.1. The lowest BCUT2D eigenvalue weighted by molar-refractivity contribution is 0.0689. The van der Waals surface area contributed by atoms with Gasteiger partial charge in [-0.3, -0.25) is 9.59 Å². The summed E-state index contributed by atoms with van der Waals surface area (Å²) in [6.07, 6.45) is 1.37. The summed E-state index contributed by atoms with van der Waals surface area (Å²) in [6.45, 7) is 6.78. The molecule has 0 aliphatic carbocycles. The van der Waals surface area contributed by atoms with E-state index in [1.54, 1.807) is 28.6 Å². The fraction of sp³-hybridized carbons (Fsp3) is 0.364. The summed E-state index contributed by atoms with van der Waals surface area (Å²) in [6, 6.07) is 11.4. The van der Waals surface area contributed by atoms with Crippen LogP contribution in [0.25, 0.3) is 5.69 Å². The van der Waals surface area contributed by atoms with E-state index >= 15 is 0 Å². The number of nitrogens with one attached hydrogen (secondary N) is 1. The summed E-state index contributed by atoms with van der Waals surface area (Å²) in [5.41, 5.74) is 3.08. The van der Waals surface area contributed by atoms with Gasteiger partial charge in [0, 0.05) is 19.1 Å². The molecule has 1 saturated heterocycles. The van der Waals surface area contributed by atoms with Gasteiger partial charge in [-0.15, -0.1) is 5.10 Å². The average molecular weight is 407 g/mol. The summed E-state index contributed by atoms with van der Waals surface area (Å²) in [4.78, 5) is 27.0. The molecule has 4 rings (SSSR count). The molecule has 0 saturated carbocycles. The van der Waals surface area contributed by atoms with E-state index in [4.69, 9.17) is 4.42 Å². The van der Waals surface area contributed by atoms with Gasteiger partial charge in [0.15, 0.2) is 11.5 Å². The first-order valence-corrected chi connectivity index (χ1v) is 10.1. The Labute approximate surface area is 174 Å². The molecule has 156 valence electrons. The van der Waals surface area contributed by atoms with Crippen molar-refractivity contribution < 1.29 is 14.0 Å². The molecule has 3 aromatic rings. The van der Waals surface area contributed by atoms with E-state index in [2.05, 4.69) is 15.6 Å². The summed E-state index contributed by atoms with van der Waals surface area (Å²) in [5, 5.41) is 11.3. The molecular weight excluding hydrogens is 382 g/mol. The van der Waals surface area contributed by atoms with Gasteiger partial charge in [0.2, 0.25) is 0 Å². The Hall–Kier alpha value is -3.42. The minimum atomic E-state index is -0.218. The van der Waals surface area contributed by atoms with E-state index in [-0.39, 0.29) is 17.9 Å². The Morgan fingerprint density at radius 1 is 1.10 bits per heavy atom. The van der Waals surface area contributed by atoms with Crippen molar-refractivity contribution in [3.63, 3.8) is 0 Å². The number of furan rings is 1. The van der Waals surface area contributed by atoms with Crippen molar-refractivity contribution in [2.24, 2.45) is 0 Å². The molecule has 1 aliphatic rings. The minimum Gasteiger partial charge on any atom is -0.456 e. The smallest absolute Gasteiger partial charge is 0.287 e. The highest BCUT2D eigenvalue weighted by molar-refractivity contribution is 5.93. The van der Waals surface area contributed by atoms with Gasteiger partial charge in [-0.05, 0) is 63.4 Å². The first kappa shape index (κ1) is 19.9. The van der Waals surface area contributed by atoms with Crippen molar-refractivity contribution in [2.75, 3.05) is 13.1 Å². The lowest BCUT2D eigenvalue weighted by atomic mass is 10.0. The number of rotatable bonds is 4. The third-order valence-electron chi connectivity index (χ3n) is 5.42. The summed E-state index contributed by atoms with van der Waals surface area (Å²) >= 11 is 0. The lowest BCUT2D eigenvalue weighted by Gasteiger charge is -2.31. The molecule has 1 fully saturated rings. The maximum Gasteiger partial charge on any atom is 0.287 e. The molecule has 1 aromatic carbocycles. The van der Waals surface area contributed by atoms with Gasteiger partial charge in [0.1, 0.15) is 5.76 Å². The molecule has 0 unspecified atom stereocenters. The van der Waals surface area contributed by atoms with E-state index in [1.807, 2.05) is 38.1 Å². The van der Waals surface area contributed by atoms with Gasteiger partial charge in [0.25, 0.3) is 11.8 Å². The summed E-state index contributed by atoms with van der Waals surface area (Å²) < 4.78 is 7.06. The number of likely N-dealkylation sites (tertiary alicyclic amines) is 1. The van der Waals surface area contributed by atoms with E-state index in [0.29, 0.717) is 48.8 Å². The molecule has 1 N–H and O–H groups in total. The molecular formula is C22H25N5O3. The Bertz CT molecular complexity index is 1080. The molecule has 1 aliphatic heterocycles. The number of nitrogens with zero attached hydrogens (tertiary/aromatic N) is 4. The average Bonchev–Trinajstić information content (AvgIpc) is 3.34. The van der Waals surface area contributed by atoms with E-state index in [9.17, 15) is 9.59 Å². The summed E-state index contributed by atoms with van der Waals surface area (Å²) in [5.74, 6) is 0.673. The van der Waals surface area contributed by atoms with Crippen LogP contribution in [0, 0.1) is 20.8 Å². The van der Waals surface area contributed by atoms with Crippen LogP contribution in [-0.4, -0.2) is 50.8 Å². The van der Waals surface area contributed by atoms with Crippen LogP contribution in [0.4, 0.5) is 0 Å². The molecule has 8 heteroatoms. The molecule has 0 spiro atoms. The Balaban J connectivity index is 1.38. The number of carbonyl (C=O) groups is 2. The zero-order valence-electron chi connectivity index (χ0n) is 17.4. The zero-order chi connectivity index (χ0) is 21.3. The Kier molecular flexibility index (Phi) is 5.39. The third kappa shape index (κ3) is 3.98. The Morgan fingerprint density at radius 3 is 2.53 bits per heavy atom. The van der Waals surface area contributed by atoms with Crippen LogP contribution in [0.5, 0.6) is 0 Å². The van der Waals surface area contributed by atoms with Gasteiger partial charge < -0.3 is 14.6 Å². The normalized spacial score (nSPS) is 14.7. The predicted octanol–water partition coefficient (Wildman–Crippen LogP) is 2.82. The quantitative estimate of drug-likeness (QED) is 0.718. The standard InChI is InChI=1S/C22H25N5O3/c1-14-5-4-6-18(13-14)27-16(3)20(24-25-27)22(29)26-11-9-17(10-12-26)23-21(28)19-8-7-15(2)30-19/h4-8,13,17H,9-12H2,1-3H3,(H,23,28). The van der Waals surface area contributed by atoms with E-state index in [0.717, 1.165) is 11.3 Å². The second kappa shape index (κ2) is 8.14. The number of carbonyl (C=O) groups excluding carboxylic acids is 2. The topological polar surface area (TPSA) is 93.3 Å².